The first-order valence-corrected chi connectivity index (χ1v) is 8.02. The van der Waals surface area contributed by atoms with Crippen molar-refractivity contribution >= 4 is 0 Å². The molecule has 118 valence electrons. The Bertz CT molecular complexity index is 468. The molecule has 0 radical (unpaired) electrons. The number of hydrogen-bond donors (Lipinski definition) is 2. The lowest BCUT2D eigenvalue weighted by molar-refractivity contribution is -0.0847. The fourth-order valence-electron chi connectivity index (χ4n) is 3.40. The van der Waals surface area contributed by atoms with Crippen molar-refractivity contribution in [3.05, 3.63) is 11.7 Å². The molecule has 6 heteroatoms. The molecule has 2 heterocycles. The summed E-state index contributed by atoms with van der Waals surface area (Å²) in [4.78, 5) is 4.59. The number of aliphatic hydroxyl groups is 1. The Hall–Kier alpha value is -0.980. The number of aromatic nitrogens is 2. The van der Waals surface area contributed by atoms with Crippen LogP contribution in [-0.4, -0.2) is 34.5 Å². The second-order valence-corrected chi connectivity index (χ2v) is 6.42. The molecule has 2 fully saturated rings. The van der Waals surface area contributed by atoms with E-state index in [1.54, 1.807) is 0 Å². The summed E-state index contributed by atoms with van der Waals surface area (Å²) in [6.45, 7) is 5.52. The molecule has 1 aromatic rings. The van der Waals surface area contributed by atoms with Crippen molar-refractivity contribution in [1.82, 2.24) is 15.5 Å². The lowest BCUT2D eigenvalue weighted by Gasteiger charge is -2.36. The molecule has 0 bridgehead atoms. The number of nitrogens with one attached hydrogen (secondary N) is 1. The van der Waals surface area contributed by atoms with Crippen molar-refractivity contribution in [2.24, 2.45) is 5.92 Å². The maximum Gasteiger partial charge on any atom is 0.243 e. The first-order chi connectivity index (χ1) is 10.1. The largest absolute Gasteiger partial charge is 0.392 e. The molecule has 1 aliphatic carbocycles. The van der Waals surface area contributed by atoms with E-state index in [0.717, 1.165) is 31.6 Å². The predicted octanol–water partition coefficient (Wildman–Crippen LogP) is 1.91. The van der Waals surface area contributed by atoms with E-state index in [0.29, 0.717) is 31.3 Å². The number of aliphatic hydroxyl groups excluding tert-OH is 1. The topological polar surface area (TPSA) is 80.4 Å². The molecule has 1 aromatic heterocycles. The van der Waals surface area contributed by atoms with Crippen LogP contribution in [-0.2, 0) is 10.3 Å². The van der Waals surface area contributed by atoms with Crippen LogP contribution in [0.1, 0.15) is 63.7 Å². The fraction of sp³-hybridized carbons (Fsp3) is 0.867. The van der Waals surface area contributed by atoms with Gasteiger partial charge in [-0.2, -0.15) is 4.98 Å². The molecule has 0 aromatic carbocycles. The molecule has 6 nitrogen and oxygen atoms in total. The van der Waals surface area contributed by atoms with Gasteiger partial charge in [-0.25, -0.2) is 0 Å². The van der Waals surface area contributed by atoms with Gasteiger partial charge >= 0.3 is 0 Å². The molecule has 2 N–H and O–H groups in total. The third-order valence-corrected chi connectivity index (χ3v) is 4.76. The summed E-state index contributed by atoms with van der Waals surface area (Å²) >= 11 is 0. The van der Waals surface area contributed by atoms with Crippen LogP contribution < -0.4 is 5.32 Å². The smallest absolute Gasteiger partial charge is 0.243 e. The molecule has 3 rings (SSSR count). The van der Waals surface area contributed by atoms with Gasteiger partial charge in [-0.15, -0.1) is 0 Å². The average Bonchev–Trinajstić information content (AvgIpc) is 3.11. The van der Waals surface area contributed by atoms with Gasteiger partial charge in [0.2, 0.25) is 11.7 Å². The predicted molar refractivity (Wildman–Crippen MR) is 76.6 cm³/mol. The van der Waals surface area contributed by atoms with Gasteiger partial charge in [-0.05, 0) is 44.9 Å². The van der Waals surface area contributed by atoms with Gasteiger partial charge in [-0.1, -0.05) is 12.1 Å². The Morgan fingerprint density at radius 1 is 1.43 bits per heavy atom. The van der Waals surface area contributed by atoms with E-state index < -0.39 is 0 Å². The van der Waals surface area contributed by atoms with Crippen molar-refractivity contribution in [3.63, 3.8) is 0 Å². The summed E-state index contributed by atoms with van der Waals surface area (Å²) in [7, 11) is 0. The van der Waals surface area contributed by atoms with Crippen LogP contribution in [0.4, 0.5) is 0 Å². The highest BCUT2D eigenvalue weighted by atomic mass is 16.5. The third-order valence-electron chi connectivity index (χ3n) is 4.76. The van der Waals surface area contributed by atoms with Crippen LogP contribution in [0.3, 0.4) is 0 Å². The van der Waals surface area contributed by atoms with Gasteiger partial charge in [0.15, 0.2) is 0 Å². The van der Waals surface area contributed by atoms with Crippen LogP contribution in [0, 0.1) is 5.92 Å². The first-order valence-electron chi connectivity index (χ1n) is 8.02. The lowest BCUT2D eigenvalue weighted by atomic mass is 9.79. The molecular weight excluding hydrogens is 270 g/mol. The molecule has 0 amide bonds. The number of hydrogen-bond acceptors (Lipinski definition) is 6. The summed E-state index contributed by atoms with van der Waals surface area (Å²) in [5.41, 5.74) is -0.389. The fourth-order valence-corrected chi connectivity index (χ4v) is 3.40. The van der Waals surface area contributed by atoms with E-state index in [4.69, 9.17) is 9.26 Å². The maximum atomic E-state index is 9.60. The summed E-state index contributed by atoms with van der Waals surface area (Å²) in [5.74, 6) is 1.98. The second kappa shape index (κ2) is 6.02. The minimum Gasteiger partial charge on any atom is -0.392 e. The highest BCUT2D eigenvalue weighted by Gasteiger charge is 2.41. The Kier molecular flexibility index (Phi) is 4.28. The third kappa shape index (κ3) is 2.98. The number of nitrogens with zero attached hydrogens (tertiary/aromatic N) is 2. The van der Waals surface area contributed by atoms with Crippen LogP contribution in [0.2, 0.25) is 0 Å². The zero-order valence-electron chi connectivity index (χ0n) is 12.8. The maximum absolute atomic E-state index is 9.60. The Balaban J connectivity index is 1.79. The van der Waals surface area contributed by atoms with E-state index in [2.05, 4.69) is 22.4 Å². The van der Waals surface area contributed by atoms with Gasteiger partial charge < -0.3 is 19.7 Å². The lowest BCUT2D eigenvalue weighted by Crippen LogP contribution is -2.35. The summed E-state index contributed by atoms with van der Waals surface area (Å²) in [6.07, 6.45) is 4.44. The molecule has 2 aliphatic rings. The Morgan fingerprint density at radius 2 is 2.19 bits per heavy atom. The second-order valence-electron chi connectivity index (χ2n) is 6.42. The summed E-state index contributed by atoms with van der Waals surface area (Å²) in [5, 5.41) is 17.0. The molecule has 0 unspecified atom stereocenters. The van der Waals surface area contributed by atoms with Gasteiger partial charge in [0.25, 0.3) is 0 Å². The van der Waals surface area contributed by atoms with E-state index in [9.17, 15) is 5.11 Å². The van der Waals surface area contributed by atoms with Crippen LogP contribution in [0.5, 0.6) is 0 Å². The van der Waals surface area contributed by atoms with Gasteiger partial charge in [0.1, 0.15) is 5.60 Å². The molecular formula is C15H25N3O3. The molecule has 21 heavy (non-hydrogen) atoms. The van der Waals surface area contributed by atoms with Crippen molar-refractivity contribution in [2.75, 3.05) is 13.2 Å². The number of ether oxygens (including phenoxy) is 1. The zero-order valence-corrected chi connectivity index (χ0v) is 12.8. The van der Waals surface area contributed by atoms with Gasteiger partial charge in [0.05, 0.1) is 12.1 Å². The van der Waals surface area contributed by atoms with Crippen molar-refractivity contribution < 1.29 is 14.4 Å². The standard InChI is InChI=1S/C15H25N3O3/c1-3-20-15(6-4-10(2)5-7-15)14-17-13(21-18-14)12-8-11(19)9-16-12/h10-12,16,19H,3-9H2,1-2H3/t10?,11-,12-,15?/m1/s1. The van der Waals surface area contributed by atoms with Gasteiger partial charge in [-0.3, -0.25) is 0 Å². The SMILES string of the molecule is CCOC1(c2noc([C@H]3C[C@@H](O)CN3)n2)CCC(C)CC1. The summed E-state index contributed by atoms with van der Waals surface area (Å²) in [6, 6.07) is -0.0394. The highest BCUT2D eigenvalue weighted by Crippen LogP contribution is 2.41. The quantitative estimate of drug-likeness (QED) is 0.883. The van der Waals surface area contributed by atoms with Crippen molar-refractivity contribution in [3.8, 4) is 0 Å². The minimum atomic E-state index is -0.389. The minimum absolute atomic E-state index is 0.0394. The number of rotatable bonds is 4. The molecule has 1 saturated heterocycles. The van der Waals surface area contributed by atoms with Crippen molar-refractivity contribution in [2.45, 2.75) is 63.7 Å². The van der Waals surface area contributed by atoms with Crippen LogP contribution in [0.15, 0.2) is 4.52 Å². The first kappa shape index (κ1) is 14.9. The molecule has 1 aliphatic heterocycles. The van der Waals surface area contributed by atoms with Gasteiger partial charge in [0, 0.05) is 13.2 Å². The molecule has 2 atom stereocenters. The molecule has 0 spiro atoms. The van der Waals surface area contributed by atoms with Crippen molar-refractivity contribution in [1.29, 1.82) is 0 Å². The van der Waals surface area contributed by atoms with E-state index in [-0.39, 0.29) is 17.7 Å². The van der Waals surface area contributed by atoms with E-state index >= 15 is 0 Å². The Labute approximate surface area is 125 Å². The van der Waals surface area contributed by atoms with Crippen LogP contribution >= 0.6 is 0 Å². The molecule has 1 saturated carbocycles. The van der Waals surface area contributed by atoms with E-state index in [1.807, 2.05) is 6.92 Å². The number of β-amino-alcohol motifs (C(OH)–C–C–N with tert-alkyl or cyclic N) is 1. The average molecular weight is 295 g/mol. The Morgan fingerprint density at radius 3 is 2.81 bits per heavy atom. The monoisotopic (exact) mass is 295 g/mol. The zero-order chi connectivity index (χ0) is 14.9. The van der Waals surface area contributed by atoms with E-state index in [1.165, 1.54) is 0 Å². The normalized spacial score (nSPS) is 37.0. The highest BCUT2D eigenvalue weighted by molar-refractivity contribution is 5.06. The van der Waals surface area contributed by atoms with Crippen LogP contribution in [0.25, 0.3) is 0 Å². The summed E-state index contributed by atoms with van der Waals surface area (Å²) < 4.78 is 11.5.